The summed E-state index contributed by atoms with van der Waals surface area (Å²) in [6, 6.07) is 12.8. The van der Waals surface area contributed by atoms with E-state index in [1.165, 1.54) is 5.56 Å². The number of rotatable bonds is 7. The van der Waals surface area contributed by atoms with E-state index in [0.717, 1.165) is 16.8 Å². The second-order valence-corrected chi connectivity index (χ2v) is 7.03. The van der Waals surface area contributed by atoms with Crippen LogP contribution in [0.4, 0.5) is 10.5 Å². The van der Waals surface area contributed by atoms with Crippen molar-refractivity contribution in [2.75, 3.05) is 18.4 Å². The lowest BCUT2D eigenvalue weighted by Crippen LogP contribution is -2.31. The van der Waals surface area contributed by atoms with Crippen LogP contribution in [0.1, 0.15) is 34.1 Å². The van der Waals surface area contributed by atoms with Crippen molar-refractivity contribution in [3.05, 3.63) is 71.1 Å². The average molecular weight is 406 g/mol. The van der Waals surface area contributed by atoms with Crippen LogP contribution in [0.5, 0.6) is 0 Å². The molecule has 2 aromatic carbocycles. The summed E-state index contributed by atoms with van der Waals surface area (Å²) in [6.45, 7) is 6.71. The van der Waals surface area contributed by atoms with Gasteiger partial charge in [-0.3, -0.25) is 4.79 Å². The van der Waals surface area contributed by atoms with Crippen molar-refractivity contribution in [2.24, 2.45) is 0 Å². The zero-order valence-electron chi connectivity index (χ0n) is 17.4. The van der Waals surface area contributed by atoms with Gasteiger partial charge in [-0.1, -0.05) is 23.8 Å². The number of anilines is 1. The minimum absolute atomic E-state index is 0.170. The molecule has 0 aliphatic rings. The minimum Gasteiger partial charge on any atom is -0.444 e. The summed E-state index contributed by atoms with van der Waals surface area (Å²) in [7, 11) is 0. The molecule has 1 heterocycles. The first kappa shape index (κ1) is 21.1. The van der Waals surface area contributed by atoms with Crippen LogP contribution in [0.25, 0.3) is 11.5 Å². The molecule has 7 heteroatoms. The number of aromatic nitrogens is 1. The van der Waals surface area contributed by atoms with Gasteiger partial charge in [0.05, 0.1) is 5.69 Å². The number of nitrogens with zero attached hydrogens (tertiary/aromatic N) is 1. The van der Waals surface area contributed by atoms with Crippen molar-refractivity contribution in [2.45, 2.75) is 27.2 Å². The number of carbonyl (C=O) groups is 2. The summed E-state index contributed by atoms with van der Waals surface area (Å²) in [6.07, 6.45) is 2.15. The van der Waals surface area contributed by atoms with E-state index in [-0.39, 0.29) is 11.9 Å². The smallest absolute Gasteiger partial charge is 0.319 e. The van der Waals surface area contributed by atoms with Crippen LogP contribution >= 0.6 is 0 Å². The van der Waals surface area contributed by atoms with Gasteiger partial charge >= 0.3 is 6.03 Å². The lowest BCUT2D eigenvalue weighted by atomic mass is 10.1. The fourth-order valence-corrected chi connectivity index (χ4v) is 2.88. The Morgan fingerprint density at radius 3 is 2.53 bits per heavy atom. The first-order valence-corrected chi connectivity index (χ1v) is 9.91. The van der Waals surface area contributed by atoms with E-state index in [1.807, 2.05) is 51.1 Å². The summed E-state index contributed by atoms with van der Waals surface area (Å²) in [5.74, 6) is 0.392. The second kappa shape index (κ2) is 9.73. The second-order valence-electron chi connectivity index (χ2n) is 7.03. The highest BCUT2D eigenvalue weighted by molar-refractivity contribution is 5.97. The van der Waals surface area contributed by atoms with E-state index >= 15 is 0 Å². The van der Waals surface area contributed by atoms with Gasteiger partial charge in [0.25, 0.3) is 5.91 Å². The van der Waals surface area contributed by atoms with Crippen molar-refractivity contribution in [1.82, 2.24) is 15.6 Å². The highest BCUT2D eigenvalue weighted by Crippen LogP contribution is 2.19. The number of aryl methyl sites for hydroxylation is 2. The maximum absolute atomic E-state index is 12.3. The van der Waals surface area contributed by atoms with Crippen LogP contribution in [0.2, 0.25) is 0 Å². The third-order valence-corrected chi connectivity index (χ3v) is 4.60. The Bertz CT molecular complexity index is 1030. The number of urea groups is 1. The highest BCUT2D eigenvalue weighted by atomic mass is 16.3. The van der Waals surface area contributed by atoms with Crippen molar-refractivity contribution >= 4 is 17.6 Å². The molecule has 7 nitrogen and oxygen atoms in total. The van der Waals surface area contributed by atoms with E-state index in [4.69, 9.17) is 4.42 Å². The molecule has 3 aromatic rings. The van der Waals surface area contributed by atoms with Crippen LogP contribution in [-0.4, -0.2) is 30.0 Å². The third kappa shape index (κ3) is 5.47. The summed E-state index contributed by atoms with van der Waals surface area (Å²) in [5.41, 5.74) is 4.83. The van der Waals surface area contributed by atoms with Crippen LogP contribution in [-0.2, 0) is 6.42 Å². The van der Waals surface area contributed by atoms with Crippen LogP contribution < -0.4 is 16.0 Å². The summed E-state index contributed by atoms with van der Waals surface area (Å²) in [4.78, 5) is 28.7. The molecule has 0 aliphatic heterocycles. The van der Waals surface area contributed by atoms with Gasteiger partial charge in [0.2, 0.25) is 5.89 Å². The molecule has 30 heavy (non-hydrogen) atoms. The largest absolute Gasteiger partial charge is 0.444 e. The number of oxazole rings is 1. The summed E-state index contributed by atoms with van der Waals surface area (Å²) in [5, 5.41) is 8.35. The molecule has 3 amide bonds. The van der Waals surface area contributed by atoms with Gasteiger partial charge in [-0.2, -0.15) is 0 Å². The Labute approximate surface area is 175 Å². The Morgan fingerprint density at radius 1 is 1.03 bits per heavy atom. The van der Waals surface area contributed by atoms with Gasteiger partial charge in [0, 0.05) is 36.3 Å². The topological polar surface area (TPSA) is 96.3 Å². The third-order valence-electron chi connectivity index (χ3n) is 4.60. The van der Waals surface area contributed by atoms with E-state index in [9.17, 15) is 9.59 Å². The normalized spacial score (nSPS) is 10.5. The maximum Gasteiger partial charge on any atom is 0.319 e. The maximum atomic E-state index is 12.3. The SMILES string of the molecule is CCNC(=O)c1ccc(C)c(NC(=O)NCCc2coc(-c3ccc(C)cc3)n2)c1. The number of nitrogens with one attached hydrogen (secondary N) is 3. The molecular weight excluding hydrogens is 380 g/mol. The molecule has 156 valence electrons. The molecule has 0 spiro atoms. The quantitative estimate of drug-likeness (QED) is 0.551. The van der Waals surface area contributed by atoms with Crippen LogP contribution in [0.3, 0.4) is 0 Å². The lowest BCUT2D eigenvalue weighted by Gasteiger charge is -2.11. The molecule has 3 N–H and O–H groups in total. The fraction of sp³-hybridized carbons (Fsp3) is 0.261. The zero-order chi connectivity index (χ0) is 21.5. The Kier molecular flexibility index (Phi) is 6.85. The summed E-state index contributed by atoms with van der Waals surface area (Å²) >= 11 is 0. The van der Waals surface area contributed by atoms with Gasteiger partial charge in [0.1, 0.15) is 6.26 Å². The predicted molar refractivity (Wildman–Crippen MR) is 117 cm³/mol. The number of hydrogen-bond acceptors (Lipinski definition) is 4. The average Bonchev–Trinajstić information content (AvgIpc) is 3.19. The van der Waals surface area contributed by atoms with E-state index in [0.29, 0.717) is 36.7 Å². The molecule has 0 atom stereocenters. The van der Waals surface area contributed by atoms with Crippen LogP contribution in [0.15, 0.2) is 53.1 Å². The van der Waals surface area contributed by atoms with Crippen molar-refractivity contribution < 1.29 is 14.0 Å². The molecule has 0 unspecified atom stereocenters. The fourth-order valence-electron chi connectivity index (χ4n) is 2.88. The molecule has 0 radical (unpaired) electrons. The molecule has 0 aliphatic carbocycles. The van der Waals surface area contributed by atoms with Crippen molar-refractivity contribution in [1.29, 1.82) is 0 Å². The van der Waals surface area contributed by atoms with E-state index in [2.05, 4.69) is 20.9 Å². The highest BCUT2D eigenvalue weighted by Gasteiger charge is 2.10. The van der Waals surface area contributed by atoms with Crippen molar-refractivity contribution in [3.8, 4) is 11.5 Å². The molecule has 3 rings (SSSR count). The first-order valence-electron chi connectivity index (χ1n) is 9.91. The van der Waals surface area contributed by atoms with Gasteiger partial charge < -0.3 is 20.4 Å². The van der Waals surface area contributed by atoms with Gasteiger partial charge in [-0.25, -0.2) is 9.78 Å². The first-order chi connectivity index (χ1) is 14.5. The molecule has 0 fully saturated rings. The molecule has 0 saturated carbocycles. The molecule has 0 bridgehead atoms. The van der Waals surface area contributed by atoms with Crippen LogP contribution in [0, 0.1) is 13.8 Å². The predicted octanol–water partition coefficient (Wildman–Crippen LogP) is 4.07. The van der Waals surface area contributed by atoms with E-state index in [1.54, 1.807) is 18.4 Å². The molecular formula is C23H26N4O3. The number of hydrogen-bond donors (Lipinski definition) is 3. The van der Waals surface area contributed by atoms with Gasteiger partial charge in [0.15, 0.2) is 0 Å². The molecule has 0 saturated heterocycles. The minimum atomic E-state index is -0.339. The lowest BCUT2D eigenvalue weighted by molar-refractivity contribution is 0.0956. The number of amides is 3. The summed E-state index contributed by atoms with van der Waals surface area (Å²) < 4.78 is 5.54. The van der Waals surface area contributed by atoms with Gasteiger partial charge in [-0.15, -0.1) is 0 Å². The van der Waals surface area contributed by atoms with E-state index < -0.39 is 0 Å². The Hall–Kier alpha value is -3.61. The number of benzene rings is 2. The monoisotopic (exact) mass is 406 g/mol. The van der Waals surface area contributed by atoms with Gasteiger partial charge in [-0.05, 0) is 50.6 Å². The number of carbonyl (C=O) groups excluding carboxylic acids is 2. The molecule has 1 aromatic heterocycles. The Morgan fingerprint density at radius 2 is 1.80 bits per heavy atom. The Balaban J connectivity index is 1.52. The standard InChI is InChI=1S/C23H26N4O3/c1-4-24-21(28)18-10-7-16(3)20(13-18)27-23(29)25-12-11-19-14-30-22(26-19)17-8-5-15(2)6-9-17/h5-10,13-14H,4,11-12H2,1-3H3,(H,24,28)(H2,25,27,29). The zero-order valence-corrected chi connectivity index (χ0v) is 17.4. The van der Waals surface area contributed by atoms with Crippen molar-refractivity contribution in [3.63, 3.8) is 0 Å².